The lowest BCUT2D eigenvalue weighted by molar-refractivity contribution is 0.260. The van der Waals surface area contributed by atoms with Crippen molar-refractivity contribution in [3.63, 3.8) is 0 Å². The van der Waals surface area contributed by atoms with Gasteiger partial charge in [-0.1, -0.05) is 11.6 Å². The average molecular weight is 233 g/mol. The Bertz CT molecular complexity index is 344. The van der Waals surface area contributed by atoms with Crippen molar-refractivity contribution in [2.75, 3.05) is 11.9 Å². The fourth-order valence-electron chi connectivity index (χ4n) is 1.17. The van der Waals surface area contributed by atoms with E-state index in [1.165, 1.54) is 12.3 Å². The quantitative estimate of drug-likeness (QED) is 0.838. The van der Waals surface area contributed by atoms with E-state index in [1.54, 1.807) is 0 Å². The van der Waals surface area contributed by atoms with Crippen LogP contribution in [0.4, 0.5) is 10.2 Å². The molecule has 1 heterocycles. The van der Waals surface area contributed by atoms with Gasteiger partial charge in [0, 0.05) is 18.3 Å². The molecule has 0 aliphatic rings. The van der Waals surface area contributed by atoms with E-state index in [0.29, 0.717) is 6.42 Å². The van der Waals surface area contributed by atoms with Crippen LogP contribution in [0.15, 0.2) is 12.3 Å². The van der Waals surface area contributed by atoms with Gasteiger partial charge in [-0.25, -0.2) is 9.37 Å². The normalized spacial score (nSPS) is 11.5. The Morgan fingerprint density at radius 2 is 2.27 bits per heavy atom. The zero-order valence-electron chi connectivity index (χ0n) is 8.72. The van der Waals surface area contributed by atoms with E-state index in [1.807, 2.05) is 13.8 Å². The van der Waals surface area contributed by atoms with Gasteiger partial charge in [-0.05, 0) is 26.3 Å². The zero-order chi connectivity index (χ0) is 11.5. The first-order valence-corrected chi connectivity index (χ1v) is 5.02. The average Bonchev–Trinajstić information content (AvgIpc) is 2.09. The highest BCUT2D eigenvalue weighted by molar-refractivity contribution is 6.30. The molecule has 0 unspecified atom stereocenters. The number of nitrogens with one attached hydrogen (secondary N) is 1. The van der Waals surface area contributed by atoms with Crippen LogP contribution in [0.5, 0.6) is 0 Å². The third-order valence-electron chi connectivity index (χ3n) is 2.00. The van der Waals surface area contributed by atoms with E-state index in [9.17, 15) is 4.39 Å². The maximum atomic E-state index is 13.3. The van der Waals surface area contributed by atoms with Gasteiger partial charge in [0.1, 0.15) is 0 Å². The van der Waals surface area contributed by atoms with Crippen LogP contribution in [0.2, 0.25) is 5.02 Å². The number of aliphatic hydroxyl groups is 1. The van der Waals surface area contributed by atoms with E-state index in [-0.39, 0.29) is 17.4 Å². The highest BCUT2D eigenvalue weighted by atomic mass is 35.5. The molecule has 0 amide bonds. The van der Waals surface area contributed by atoms with Gasteiger partial charge < -0.3 is 10.4 Å². The molecule has 0 spiro atoms. The predicted octanol–water partition coefficient (Wildman–Crippen LogP) is 2.45. The Morgan fingerprint density at radius 3 is 2.80 bits per heavy atom. The molecule has 1 rings (SSSR count). The lowest BCUT2D eigenvalue weighted by atomic mass is 10.0. The van der Waals surface area contributed by atoms with E-state index in [4.69, 9.17) is 16.7 Å². The van der Waals surface area contributed by atoms with Crippen LogP contribution in [0, 0.1) is 5.82 Å². The maximum absolute atomic E-state index is 13.3. The number of hydrogen-bond acceptors (Lipinski definition) is 3. The van der Waals surface area contributed by atoms with E-state index < -0.39 is 11.4 Å². The fraction of sp³-hybridized carbons (Fsp3) is 0.500. The van der Waals surface area contributed by atoms with Gasteiger partial charge in [0.2, 0.25) is 0 Å². The molecule has 5 heteroatoms. The fourth-order valence-corrected chi connectivity index (χ4v) is 1.31. The number of pyridine rings is 1. The summed E-state index contributed by atoms with van der Waals surface area (Å²) in [5.41, 5.74) is -0.406. The second kappa shape index (κ2) is 4.77. The molecule has 15 heavy (non-hydrogen) atoms. The zero-order valence-corrected chi connectivity index (χ0v) is 9.48. The first kappa shape index (κ1) is 12.2. The van der Waals surface area contributed by atoms with E-state index in [0.717, 1.165) is 0 Å². The topological polar surface area (TPSA) is 45.1 Å². The number of aromatic nitrogens is 1. The molecular formula is C10H14ClFN2O. The first-order chi connectivity index (χ1) is 6.94. The first-order valence-electron chi connectivity index (χ1n) is 4.65. The van der Waals surface area contributed by atoms with Crippen LogP contribution in [0.3, 0.4) is 0 Å². The molecule has 0 radical (unpaired) electrons. The van der Waals surface area contributed by atoms with Crippen LogP contribution < -0.4 is 5.32 Å². The Morgan fingerprint density at radius 1 is 1.60 bits per heavy atom. The van der Waals surface area contributed by atoms with Crippen LogP contribution in [-0.2, 0) is 0 Å². The lowest BCUT2D eigenvalue weighted by Gasteiger charge is -2.26. The van der Waals surface area contributed by atoms with Gasteiger partial charge in [-0.2, -0.15) is 0 Å². The van der Waals surface area contributed by atoms with Crippen LogP contribution in [0.25, 0.3) is 0 Å². The largest absolute Gasteiger partial charge is 0.396 e. The summed E-state index contributed by atoms with van der Waals surface area (Å²) >= 11 is 5.58. The molecule has 0 aliphatic heterocycles. The molecule has 0 aromatic carbocycles. The summed E-state index contributed by atoms with van der Waals surface area (Å²) in [6, 6.07) is 1.20. The highest BCUT2D eigenvalue weighted by Crippen LogP contribution is 2.20. The predicted molar refractivity (Wildman–Crippen MR) is 58.6 cm³/mol. The second-order valence-electron chi connectivity index (χ2n) is 3.97. The maximum Gasteiger partial charge on any atom is 0.166 e. The third-order valence-corrected chi connectivity index (χ3v) is 2.21. The number of aliphatic hydroxyl groups excluding tert-OH is 1. The molecule has 0 saturated heterocycles. The summed E-state index contributed by atoms with van der Waals surface area (Å²) in [7, 11) is 0. The van der Waals surface area contributed by atoms with Crippen LogP contribution >= 0.6 is 11.6 Å². The van der Waals surface area contributed by atoms with Gasteiger partial charge in [-0.15, -0.1) is 0 Å². The molecular weight excluding hydrogens is 219 g/mol. The van der Waals surface area contributed by atoms with Crippen molar-refractivity contribution in [2.45, 2.75) is 25.8 Å². The van der Waals surface area contributed by atoms with Crippen LogP contribution in [-0.4, -0.2) is 22.2 Å². The van der Waals surface area contributed by atoms with Gasteiger partial charge in [0.15, 0.2) is 11.6 Å². The Kier molecular flexibility index (Phi) is 3.88. The van der Waals surface area contributed by atoms with E-state index >= 15 is 0 Å². The molecule has 0 bridgehead atoms. The van der Waals surface area contributed by atoms with Crippen molar-refractivity contribution in [1.29, 1.82) is 0 Å². The molecule has 0 fully saturated rings. The summed E-state index contributed by atoms with van der Waals surface area (Å²) in [6.07, 6.45) is 1.89. The monoisotopic (exact) mass is 232 g/mol. The smallest absolute Gasteiger partial charge is 0.166 e. The van der Waals surface area contributed by atoms with Gasteiger partial charge >= 0.3 is 0 Å². The number of halogens is 2. The summed E-state index contributed by atoms with van der Waals surface area (Å²) in [5.74, 6) is -0.341. The summed E-state index contributed by atoms with van der Waals surface area (Å²) in [5, 5.41) is 12.0. The molecule has 1 aromatic rings. The molecule has 3 nitrogen and oxygen atoms in total. The highest BCUT2D eigenvalue weighted by Gasteiger charge is 2.19. The summed E-state index contributed by atoms with van der Waals surface area (Å²) in [6.45, 7) is 3.76. The van der Waals surface area contributed by atoms with Crippen molar-refractivity contribution in [2.24, 2.45) is 0 Å². The minimum absolute atomic E-state index is 0.0369. The minimum atomic E-state index is -0.492. The van der Waals surface area contributed by atoms with Crippen molar-refractivity contribution in [1.82, 2.24) is 4.98 Å². The number of anilines is 1. The minimum Gasteiger partial charge on any atom is -0.396 e. The van der Waals surface area contributed by atoms with Crippen LogP contribution in [0.1, 0.15) is 20.3 Å². The molecule has 0 aliphatic carbocycles. The number of rotatable bonds is 4. The summed E-state index contributed by atoms with van der Waals surface area (Å²) < 4.78 is 13.3. The van der Waals surface area contributed by atoms with Gasteiger partial charge in [0.25, 0.3) is 0 Å². The van der Waals surface area contributed by atoms with Gasteiger partial charge in [0.05, 0.1) is 5.02 Å². The molecule has 2 N–H and O–H groups in total. The van der Waals surface area contributed by atoms with E-state index in [2.05, 4.69) is 10.3 Å². The Hall–Kier alpha value is -0.870. The van der Waals surface area contributed by atoms with Crippen molar-refractivity contribution >= 4 is 17.4 Å². The summed E-state index contributed by atoms with van der Waals surface area (Å²) in [4.78, 5) is 3.85. The molecule has 1 aromatic heterocycles. The molecule has 84 valence electrons. The molecule has 0 atom stereocenters. The Balaban J connectivity index is 2.80. The molecule has 0 saturated carbocycles. The Labute approximate surface area is 93.3 Å². The van der Waals surface area contributed by atoms with Crippen molar-refractivity contribution in [3.8, 4) is 0 Å². The standard InChI is InChI=1S/C10H14ClFN2O/c1-10(2,3-4-15)14-9-8(12)5-7(11)6-13-9/h5-6,15H,3-4H2,1-2H3,(H,13,14). The number of nitrogens with zero attached hydrogens (tertiary/aromatic N) is 1. The van der Waals surface area contributed by atoms with Gasteiger partial charge in [-0.3, -0.25) is 0 Å². The number of hydrogen-bond donors (Lipinski definition) is 2. The SMILES string of the molecule is CC(C)(CCO)Nc1ncc(Cl)cc1F. The second-order valence-corrected chi connectivity index (χ2v) is 4.40. The van der Waals surface area contributed by atoms with Crippen molar-refractivity contribution in [3.05, 3.63) is 23.1 Å². The van der Waals surface area contributed by atoms with Crippen molar-refractivity contribution < 1.29 is 9.50 Å². The third kappa shape index (κ3) is 3.64. The lowest BCUT2D eigenvalue weighted by Crippen LogP contribution is -2.32.